The zero-order valence-electron chi connectivity index (χ0n) is 10.4. The number of halogens is 1. The van der Waals surface area contributed by atoms with E-state index in [1.54, 1.807) is 33.0 Å². The molecule has 1 aromatic heterocycles. The molecular weight excluding hydrogens is 300 g/mol. The zero-order valence-corrected chi connectivity index (χ0v) is 12.0. The Kier molecular flexibility index (Phi) is 4.45. The predicted molar refractivity (Wildman–Crippen MR) is 70.3 cm³/mol. The normalized spacial score (nSPS) is 12.9. The van der Waals surface area contributed by atoms with Crippen LogP contribution in [0.15, 0.2) is 22.9 Å². The van der Waals surface area contributed by atoms with Crippen molar-refractivity contribution in [1.29, 1.82) is 0 Å². The van der Waals surface area contributed by atoms with Crippen LogP contribution in [0.5, 0.6) is 0 Å². The van der Waals surface area contributed by atoms with Crippen LogP contribution in [-0.4, -0.2) is 28.0 Å². The predicted octanol–water partition coefficient (Wildman–Crippen LogP) is 2.07. The van der Waals surface area contributed by atoms with Gasteiger partial charge in [-0.25, -0.2) is 4.79 Å². The van der Waals surface area contributed by atoms with E-state index >= 15 is 0 Å². The first-order valence-corrected chi connectivity index (χ1v) is 6.15. The lowest BCUT2D eigenvalue weighted by Gasteiger charge is -2.27. The number of carboxylic acid groups (broad SMARTS) is 1. The molecule has 5 nitrogen and oxygen atoms in total. The second-order valence-electron chi connectivity index (χ2n) is 5.00. The number of carbonyl (C=O) groups is 2. The molecule has 0 saturated heterocycles. The number of hydrogen-bond donors (Lipinski definition) is 2. The Balaban J connectivity index is 2.89. The van der Waals surface area contributed by atoms with Gasteiger partial charge in [-0.15, -0.1) is 0 Å². The number of carbonyl (C=O) groups excluding carboxylic acids is 1. The average molecular weight is 315 g/mol. The number of nitrogens with zero attached hydrogens (tertiary/aromatic N) is 1. The molecule has 0 bridgehead atoms. The lowest BCUT2D eigenvalue weighted by atomic mass is 9.86. The summed E-state index contributed by atoms with van der Waals surface area (Å²) in [4.78, 5) is 26.9. The molecule has 1 aromatic rings. The highest BCUT2D eigenvalue weighted by Gasteiger charge is 2.32. The van der Waals surface area contributed by atoms with Crippen LogP contribution in [0.25, 0.3) is 0 Å². The van der Waals surface area contributed by atoms with E-state index in [0.29, 0.717) is 10.0 Å². The molecule has 0 fully saturated rings. The molecule has 1 rings (SSSR count). The third kappa shape index (κ3) is 3.80. The van der Waals surface area contributed by atoms with Crippen LogP contribution in [0, 0.1) is 5.41 Å². The van der Waals surface area contributed by atoms with Crippen LogP contribution in [0.2, 0.25) is 0 Å². The number of aliphatic carboxylic acids is 1. The van der Waals surface area contributed by atoms with Gasteiger partial charge in [0.1, 0.15) is 6.04 Å². The Morgan fingerprint density at radius 2 is 2.00 bits per heavy atom. The van der Waals surface area contributed by atoms with Crippen molar-refractivity contribution in [2.24, 2.45) is 5.41 Å². The van der Waals surface area contributed by atoms with Crippen LogP contribution in [-0.2, 0) is 4.79 Å². The highest BCUT2D eigenvalue weighted by molar-refractivity contribution is 9.10. The molecule has 0 radical (unpaired) electrons. The van der Waals surface area contributed by atoms with Crippen molar-refractivity contribution in [2.45, 2.75) is 26.8 Å². The Hall–Kier alpha value is -1.43. The molecule has 0 aromatic carbocycles. The van der Waals surface area contributed by atoms with Crippen molar-refractivity contribution >= 4 is 27.8 Å². The van der Waals surface area contributed by atoms with Crippen molar-refractivity contribution in [3.63, 3.8) is 0 Å². The van der Waals surface area contributed by atoms with Gasteiger partial charge in [-0.3, -0.25) is 9.78 Å². The Morgan fingerprint density at radius 3 is 2.44 bits per heavy atom. The van der Waals surface area contributed by atoms with E-state index in [1.165, 1.54) is 6.20 Å². The van der Waals surface area contributed by atoms with Gasteiger partial charge in [0.05, 0.1) is 5.56 Å². The monoisotopic (exact) mass is 314 g/mol. The number of aromatic nitrogens is 1. The van der Waals surface area contributed by atoms with Crippen molar-refractivity contribution in [3.8, 4) is 0 Å². The summed E-state index contributed by atoms with van der Waals surface area (Å²) >= 11 is 3.21. The van der Waals surface area contributed by atoms with Gasteiger partial charge in [-0.05, 0) is 27.4 Å². The van der Waals surface area contributed by atoms with E-state index in [0.717, 1.165) is 0 Å². The van der Waals surface area contributed by atoms with Gasteiger partial charge in [-0.1, -0.05) is 20.8 Å². The van der Waals surface area contributed by atoms with Gasteiger partial charge in [0.25, 0.3) is 5.91 Å². The minimum atomic E-state index is -1.06. The fourth-order valence-corrected chi connectivity index (χ4v) is 1.76. The summed E-state index contributed by atoms with van der Waals surface area (Å²) in [6.45, 7) is 5.27. The van der Waals surface area contributed by atoms with Crippen LogP contribution in [0.3, 0.4) is 0 Å². The smallest absolute Gasteiger partial charge is 0.326 e. The van der Waals surface area contributed by atoms with Crippen LogP contribution < -0.4 is 5.32 Å². The molecule has 0 saturated carbocycles. The molecule has 1 atom stereocenters. The van der Waals surface area contributed by atoms with Gasteiger partial charge >= 0.3 is 5.97 Å². The quantitative estimate of drug-likeness (QED) is 0.895. The SMILES string of the molecule is CC(C)(C)[C@H](NC(=O)c1cncc(Br)c1)C(=O)O. The molecule has 1 amide bonds. The van der Waals surface area contributed by atoms with Gasteiger partial charge < -0.3 is 10.4 Å². The number of amides is 1. The third-order valence-electron chi connectivity index (χ3n) is 2.36. The van der Waals surface area contributed by atoms with Gasteiger partial charge in [0, 0.05) is 16.9 Å². The van der Waals surface area contributed by atoms with Crippen molar-refractivity contribution in [3.05, 3.63) is 28.5 Å². The van der Waals surface area contributed by atoms with E-state index in [4.69, 9.17) is 5.11 Å². The lowest BCUT2D eigenvalue weighted by Crippen LogP contribution is -2.49. The second-order valence-corrected chi connectivity index (χ2v) is 5.92. The van der Waals surface area contributed by atoms with Crippen LogP contribution in [0.4, 0.5) is 0 Å². The minimum absolute atomic E-state index is 0.319. The van der Waals surface area contributed by atoms with Crippen molar-refractivity contribution in [2.75, 3.05) is 0 Å². The first-order chi connectivity index (χ1) is 8.21. The molecule has 98 valence electrons. The summed E-state index contributed by atoms with van der Waals surface area (Å²) in [6, 6.07) is 0.633. The second kappa shape index (κ2) is 5.48. The first kappa shape index (κ1) is 14.6. The molecule has 0 aliphatic rings. The van der Waals surface area contributed by atoms with Gasteiger partial charge in [0.2, 0.25) is 0 Å². The van der Waals surface area contributed by atoms with E-state index in [-0.39, 0.29) is 0 Å². The van der Waals surface area contributed by atoms with Gasteiger partial charge in [0.15, 0.2) is 0 Å². The standard InChI is InChI=1S/C12H15BrN2O3/c1-12(2,3)9(11(17)18)15-10(16)7-4-8(13)6-14-5-7/h4-6,9H,1-3H3,(H,15,16)(H,17,18)/t9-/m1/s1. The van der Waals surface area contributed by atoms with Crippen LogP contribution >= 0.6 is 15.9 Å². The molecule has 0 aliphatic heterocycles. The maximum atomic E-state index is 11.9. The third-order valence-corrected chi connectivity index (χ3v) is 2.79. The summed E-state index contributed by atoms with van der Waals surface area (Å²) in [6.07, 6.45) is 2.94. The van der Waals surface area contributed by atoms with E-state index < -0.39 is 23.3 Å². The topological polar surface area (TPSA) is 79.3 Å². The summed E-state index contributed by atoms with van der Waals surface area (Å²) in [5.74, 6) is -1.51. The average Bonchev–Trinajstić information content (AvgIpc) is 2.23. The highest BCUT2D eigenvalue weighted by Crippen LogP contribution is 2.20. The Morgan fingerprint density at radius 1 is 1.39 bits per heavy atom. The molecule has 2 N–H and O–H groups in total. The van der Waals surface area contributed by atoms with E-state index in [2.05, 4.69) is 26.2 Å². The minimum Gasteiger partial charge on any atom is -0.480 e. The first-order valence-electron chi connectivity index (χ1n) is 5.36. The number of rotatable bonds is 3. The molecule has 1 heterocycles. The summed E-state index contributed by atoms with van der Waals surface area (Å²) in [5, 5.41) is 11.6. The maximum absolute atomic E-state index is 11.9. The molecule has 18 heavy (non-hydrogen) atoms. The fourth-order valence-electron chi connectivity index (χ4n) is 1.40. The van der Waals surface area contributed by atoms with E-state index in [1.807, 2.05) is 0 Å². The molecule has 0 spiro atoms. The zero-order chi connectivity index (χ0) is 13.9. The largest absolute Gasteiger partial charge is 0.480 e. The Bertz CT molecular complexity index is 469. The molecule has 0 aliphatic carbocycles. The molecule has 6 heteroatoms. The fraction of sp³-hybridized carbons (Fsp3) is 0.417. The van der Waals surface area contributed by atoms with Crippen molar-refractivity contribution in [1.82, 2.24) is 10.3 Å². The summed E-state index contributed by atoms with van der Waals surface area (Å²) < 4.78 is 0.665. The number of pyridine rings is 1. The number of hydrogen-bond acceptors (Lipinski definition) is 3. The molecule has 0 unspecified atom stereocenters. The highest BCUT2D eigenvalue weighted by atomic mass is 79.9. The molecular formula is C12H15BrN2O3. The maximum Gasteiger partial charge on any atom is 0.326 e. The van der Waals surface area contributed by atoms with Gasteiger partial charge in [-0.2, -0.15) is 0 Å². The summed E-state index contributed by atoms with van der Waals surface area (Å²) in [7, 11) is 0. The number of carboxylic acids is 1. The van der Waals surface area contributed by atoms with Crippen molar-refractivity contribution < 1.29 is 14.7 Å². The van der Waals surface area contributed by atoms with E-state index in [9.17, 15) is 9.59 Å². The van der Waals surface area contributed by atoms with Crippen LogP contribution in [0.1, 0.15) is 31.1 Å². The lowest BCUT2D eigenvalue weighted by molar-refractivity contribution is -0.142. The summed E-state index contributed by atoms with van der Waals surface area (Å²) in [5.41, 5.74) is -0.249. The Labute approximate surface area is 114 Å². The number of nitrogens with one attached hydrogen (secondary N) is 1.